The predicted octanol–water partition coefficient (Wildman–Crippen LogP) is 7.05. The van der Waals surface area contributed by atoms with Gasteiger partial charge >= 0.3 is 0 Å². The molecule has 0 unspecified atom stereocenters. The lowest BCUT2D eigenvalue weighted by Gasteiger charge is -2.13. The monoisotopic (exact) mass is 523 g/mol. The first-order valence-electron chi connectivity index (χ1n) is 11.0. The first-order valence-corrected chi connectivity index (χ1v) is 11.4. The van der Waals surface area contributed by atoms with E-state index in [1.54, 1.807) is 0 Å². The first-order chi connectivity index (χ1) is 15.4. The predicted molar refractivity (Wildman–Crippen MR) is 145 cm³/mol. The summed E-state index contributed by atoms with van der Waals surface area (Å²) in [6.45, 7) is 5.93. The molecule has 0 aliphatic carbocycles. The van der Waals surface area contributed by atoms with Crippen molar-refractivity contribution < 1.29 is 9.15 Å². The van der Waals surface area contributed by atoms with Crippen LogP contribution in [0, 0.1) is 5.92 Å². The number of fused-ring (bicyclic) bond motifs is 1. The van der Waals surface area contributed by atoms with Crippen LogP contribution in [-0.2, 0) is 12.8 Å². The van der Waals surface area contributed by atoms with Crippen LogP contribution in [0.3, 0.4) is 0 Å². The number of benzene rings is 2. The molecule has 2 heterocycles. The summed E-state index contributed by atoms with van der Waals surface area (Å²) in [5, 5.41) is 0.686. The van der Waals surface area contributed by atoms with E-state index in [1.165, 1.54) is 5.56 Å². The van der Waals surface area contributed by atoms with Crippen LogP contribution in [0.4, 0.5) is 0 Å². The van der Waals surface area contributed by atoms with E-state index in [9.17, 15) is 0 Å². The molecular weight excluding hydrogens is 493 g/mol. The third kappa shape index (κ3) is 7.16. The second-order valence-electron chi connectivity index (χ2n) is 8.89. The van der Waals surface area contributed by atoms with Crippen molar-refractivity contribution >= 4 is 47.4 Å². The van der Waals surface area contributed by atoms with E-state index in [1.807, 2.05) is 30.3 Å². The van der Waals surface area contributed by atoms with E-state index in [-0.39, 0.29) is 24.8 Å². The number of H-pyrrole nitrogens is 1. The van der Waals surface area contributed by atoms with Crippen LogP contribution in [-0.4, -0.2) is 42.1 Å². The Labute approximate surface area is 218 Å². The van der Waals surface area contributed by atoms with Crippen molar-refractivity contribution in [3.8, 4) is 17.3 Å². The Kier molecular flexibility index (Phi) is 10.3. The quantitative estimate of drug-likeness (QED) is 0.255. The van der Waals surface area contributed by atoms with Gasteiger partial charge < -0.3 is 19.0 Å². The van der Waals surface area contributed by atoms with Gasteiger partial charge in [0, 0.05) is 23.6 Å². The highest BCUT2D eigenvalue weighted by atomic mass is 35.5. The highest BCUT2D eigenvalue weighted by molar-refractivity contribution is 6.30. The second kappa shape index (κ2) is 12.5. The maximum Gasteiger partial charge on any atom is 0.174 e. The molecule has 0 aliphatic rings. The van der Waals surface area contributed by atoms with E-state index in [2.05, 4.69) is 56.0 Å². The number of nitrogens with one attached hydrogen (secondary N) is 1. The number of aromatic amines is 1. The Morgan fingerprint density at radius 2 is 1.85 bits per heavy atom. The van der Waals surface area contributed by atoms with Crippen LogP contribution in [0.5, 0.6) is 5.75 Å². The zero-order valence-electron chi connectivity index (χ0n) is 19.9. The minimum Gasteiger partial charge on any atom is -0.493 e. The molecular formula is C26H32Cl3N3O2. The zero-order valence-corrected chi connectivity index (χ0v) is 22.3. The van der Waals surface area contributed by atoms with Crippen molar-refractivity contribution in [1.82, 2.24) is 14.9 Å². The number of hydrogen-bond acceptors (Lipinski definition) is 4. The third-order valence-corrected chi connectivity index (χ3v) is 5.48. The Morgan fingerprint density at radius 1 is 1.06 bits per heavy atom. The number of furan rings is 1. The molecule has 4 aromatic rings. The molecule has 5 nitrogen and oxygen atoms in total. The molecule has 2 aromatic carbocycles. The highest BCUT2D eigenvalue weighted by Gasteiger charge is 2.13. The average molecular weight is 525 g/mol. The summed E-state index contributed by atoms with van der Waals surface area (Å²) < 4.78 is 12.1. The number of likely N-dealkylation sites (N-methyl/N-ethyl adjacent to an activating group) is 1. The van der Waals surface area contributed by atoms with Crippen molar-refractivity contribution in [1.29, 1.82) is 0 Å². The molecule has 0 amide bonds. The minimum absolute atomic E-state index is 0. The van der Waals surface area contributed by atoms with Gasteiger partial charge in [-0.3, -0.25) is 0 Å². The molecule has 184 valence electrons. The normalized spacial score (nSPS) is 11.0. The SMILES string of the molecule is CC(C)COc1ccc(Cl)cc1Cc1ccc(-c2nc3cc(CCN(C)C)ccc3[nH]2)o1.Cl.Cl. The van der Waals surface area contributed by atoms with Crippen LogP contribution in [0.2, 0.25) is 5.02 Å². The number of hydrogen-bond donors (Lipinski definition) is 1. The van der Waals surface area contributed by atoms with Gasteiger partial charge in [0.15, 0.2) is 11.6 Å². The van der Waals surface area contributed by atoms with E-state index in [0.717, 1.165) is 52.7 Å². The summed E-state index contributed by atoms with van der Waals surface area (Å²) >= 11 is 6.24. The molecule has 0 fully saturated rings. The van der Waals surface area contributed by atoms with E-state index < -0.39 is 0 Å². The highest BCUT2D eigenvalue weighted by Crippen LogP contribution is 2.29. The number of imidazole rings is 1. The second-order valence-corrected chi connectivity index (χ2v) is 9.33. The van der Waals surface area contributed by atoms with Crippen LogP contribution >= 0.6 is 36.4 Å². The Morgan fingerprint density at radius 3 is 2.59 bits per heavy atom. The number of aromatic nitrogens is 2. The van der Waals surface area contributed by atoms with Gasteiger partial charge in [-0.15, -0.1) is 24.8 Å². The van der Waals surface area contributed by atoms with Crippen molar-refractivity contribution in [2.45, 2.75) is 26.7 Å². The molecule has 0 saturated carbocycles. The molecule has 0 spiro atoms. The number of ether oxygens (including phenoxy) is 1. The van der Waals surface area contributed by atoms with Crippen molar-refractivity contribution in [2.24, 2.45) is 5.92 Å². The van der Waals surface area contributed by atoms with Gasteiger partial charge in [0.25, 0.3) is 0 Å². The minimum atomic E-state index is 0. The van der Waals surface area contributed by atoms with Gasteiger partial charge in [0.1, 0.15) is 11.5 Å². The third-order valence-electron chi connectivity index (χ3n) is 5.25. The Balaban J connectivity index is 0.00000204. The van der Waals surface area contributed by atoms with Crippen LogP contribution in [0.25, 0.3) is 22.6 Å². The molecule has 0 aliphatic heterocycles. The summed E-state index contributed by atoms with van der Waals surface area (Å²) in [5.74, 6) is 3.58. The summed E-state index contributed by atoms with van der Waals surface area (Å²) in [6.07, 6.45) is 1.60. The molecule has 4 rings (SSSR count). The van der Waals surface area contributed by atoms with Crippen LogP contribution in [0.15, 0.2) is 52.9 Å². The molecule has 34 heavy (non-hydrogen) atoms. The summed E-state index contributed by atoms with van der Waals surface area (Å²) in [4.78, 5) is 10.3. The molecule has 0 bridgehead atoms. The summed E-state index contributed by atoms with van der Waals surface area (Å²) in [6, 6.07) is 16.1. The lowest BCUT2D eigenvalue weighted by atomic mass is 10.1. The van der Waals surface area contributed by atoms with Crippen LogP contribution in [0.1, 0.15) is 30.7 Å². The summed E-state index contributed by atoms with van der Waals surface area (Å²) in [5.41, 5.74) is 4.24. The fraction of sp³-hybridized carbons (Fsp3) is 0.346. The van der Waals surface area contributed by atoms with Gasteiger partial charge in [-0.25, -0.2) is 4.98 Å². The van der Waals surface area contributed by atoms with Gasteiger partial charge in [0.2, 0.25) is 0 Å². The maximum absolute atomic E-state index is 6.24. The van der Waals surface area contributed by atoms with Gasteiger partial charge in [-0.05, 0) is 74.5 Å². The first kappa shape index (κ1) is 28.1. The topological polar surface area (TPSA) is 54.3 Å². The van der Waals surface area contributed by atoms with Crippen molar-refractivity contribution in [3.05, 3.63) is 70.4 Å². The van der Waals surface area contributed by atoms with Gasteiger partial charge in [-0.1, -0.05) is 31.5 Å². The number of nitrogens with zero attached hydrogens (tertiary/aromatic N) is 2. The molecule has 1 N–H and O–H groups in total. The summed E-state index contributed by atoms with van der Waals surface area (Å²) in [7, 11) is 4.17. The standard InChI is InChI=1S/C26H30ClN3O2.2ClH/c1-17(2)16-31-24-9-6-20(27)14-19(24)15-21-7-10-25(32-21)26-28-22-8-5-18(11-12-30(3)4)13-23(22)29-26;;/h5-10,13-14,17H,11-12,15-16H2,1-4H3,(H,28,29);2*1H. The van der Waals surface area contributed by atoms with E-state index in [0.29, 0.717) is 24.0 Å². The van der Waals surface area contributed by atoms with E-state index in [4.69, 9.17) is 25.7 Å². The maximum atomic E-state index is 6.24. The Bertz CT molecular complexity index is 1200. The average Bonchev–Trinajstić information content (AvgIpc) is 3.38. The molecule has 8 heteroatoms. The fourth-order valence-electron chi connectivity index (χ4n) is 3.55. The van der Waals surface area contributed by atoms with Crippen LogP contribution < -0.4 is 4.74 Å². The number of halogens is 3. The lowest BCUT2D eigenvalue weighted by molar-refractivity contribution is 0.268. The van der Waals surface area contributed by atoms with Crippen molar-refractivity contribution in [3.63, 3.8) is 0 Å². The lowest BCUT2D eigenvalue weighted by Crippen LogP contribution is -2.14. The largest absolute Gasteiger partial charge is 0.493 e. The molecule has 2 aromatic heterocycles. The molecule has 0 atom stereocenters. The zero-order chi connectivity index (χ0) is 22.7. The molecule has 0 saturated heterocycles. The molecule has 0 radical (unpaired) electrons. The fourth-order valence-corrected chi connectivity index (χ4v) is 3.74. The van der Waals surface area contributed by atoms with E-state index >= 15 is 0 Å². The Hall–Kier alpha value is -2.18. The smallest absolute Gasteiger partial charge is 0.174 e. The van der Waals surface area contributed by atoms with Gasteiger partial charge in [0.05, 0.1) is 17.6 Å². The number of rotatable bonds is 9. The van der Waals surface area contributed by atoms with Gasteiger partial charge in [-0.2, -0.15) is 0 Å². The van der Waals surface area contributed by atoms with Crippen molar-refractivity contribution in [2.75, 3.05) is 27.2 Å².